The molecule has 152 valence electrons. The highest BCUT2D eigenvalue weighted by molar-refractivity contribution is 5.88. The number of ketones is 1. The lowest BCUT2D eigenvalue weighted by atomic mass is 9.71. The summed E-state index contributed by atoms with van der Waals surface area (Å²) in [5.74, 6) is -1.57. The number of esters is 1. The Morgan fingerprint density at radius 2 is 1.93 bits per heavy atom. The molecule has 1 aliphatic carbocycles. The fraction of sp³-hybridized carbons (Fsp3) is 0.810. The SMILES string of the molecule is C=C(C)[C@@H]1C[C@@H]2OC23CCCC3[C@H](O)[C@@H](C)C(=O)C(C)(C)[C@@H](O)CC(=O)O1. The third kappa shape index (κ3) is 3.47. The van der Waals surface area contributed by atoms with Crippen molar-refractivity contribution in [2.75, 3.05) is 0 Å². The molecule has 3 aliphatic rings. The fourth-order valence-corrected chi connectivity index (χ4v) is 4.93. The van der Waals surface area contributed by atoms with Gasteiger partial charge in [0.1, 0.15) is 17.5 Å². The standard InChI is InChI=1S/C21H32O6/c1-11(2)14-9-16-21(27-16)8-6-7-13(21)18(24)12(3)19(25)20(4,5)15(22)10-17(23)26-14/h12-16,18,22,24H,1,6-10H2,2-5H3/t12-,13?,14+,15+,16+,18-,21?/m1/s1. The average Bonchev–Trinajstić information content (AvgIpc) is 3.09. The summed E-state index contributed by atoms with van der Waals surface area (Å²) in [6.07, 6.45) is 0.165. The van der Waals surface area contributed by atoms with E-state index in [-0.39, 0.29) is 24.2 Å². The number of carbonyl (C=O) groups excluding carboxylic acids is 2. The summed E-state index contributed by atoms with van der Waals surface area (Å²) in [5.41, 5.74) is -0.885. The lowest BCUT2D eigenvalue weighted by molar-refractivity contribution is -0.154. The highest BCUT2D eigenvalue weighted by Gasteiger charge is 2.65. The van der Waals surface area contributed by atoms with Crippen molar-refractivity contribution in [1.29, 1.82) is 0 Å². The van der Waals surface area contributed by atoms with E-state index in [1.165, 1.54) is 0 Å². The molecule has 2 N–H and O–H groups in total. The van der Waals surface area contributed by atoms with Crippen LogP contribution in [0.1, 0.15) is 59.8 Å². The van der Waals surface area contributed by atoms with Crippen molar-refractivity contribution in [3.05, 3.63) is 12.2 Å². The zero-order chi connectivity index (χ0) is 20.1. The molecule has 1 spiro atoms. The van der Waals surface area contributed by atoms with Gasteiger partial charge in [-0.25, -0.2) is 0 Å². The summed E-state index contributed by atoms with van der Waals surface area (Å²) in [7, 11) is 0. The van der Waals surface area contributed by atoms with Crippen molar-refractivity contribution in [2.24, 2.45) is 17.3 Å². The topological polar surface area (TPSA) is 96.4 Å². The first-order valence-electron chi connectivity index (χ1n) is 9.94. The third-order valence-corrected chi connectivity index (χ3v) is 6.98. The number of carbonyl (C=O) groups is 2. The Morgan fingerprint density at radius 3 is 2.56 bits per heavy atom. The van der Waals surface area contributed by atoms with Crippen molar-refractivity contribution in [3.8, 4) is 0 Å². The van der Waals surface area contributed by atoms with Crippen molar-refractivity contribution < 1.29 is 29.3 Å². The van der Waals surface area contributed by atoms with Gasteiger partial charge in [-0.3, -0.25) is 9.59 Å². The van der Waals surface area contributed by atoms with Gasteiger partial charge in [0.25, 0.3) is 0 Å². The molecule has 0 bridgehead atoms. The number of ether oxygens (including phenoxy) is 2. The Hall–Kier alpha value is -1.24. The minimum Gasteiger partial charge on any atom is -0.458 e. The van der Waals surface area contributed by atoms with Crippen LogP contribution < -0.4 is 0 Å². The van der Waals surface area contributed by atoms with Crippen LogP contribution in [0.2, 0.25) is 0 Å². The second-order valence-corrected chi connectivity index (χ2v) is 9.21. The molecule has 0 aromatic rings. The maximum Gasteiger partial charge on any atom is 0.309 e. The highest BCUT2D eigenvalue weighted by Crippen LogP contribution is 2.57. The van der Waals surface area contributed by atoms with E-state index in [1.54, 1.807) is 27.7 Å². The van der Waals surface area contributed by atoms with Crippen LogP contribution in [0, 0.1) is 17.3 Å². The van der Waals surface area contributed by atoms with Crippen LogP contribution in [-0.4, -0.2) is 52.0 Å². The number of epoxide rings is 1. The molecule has 0 radical (unpaired) electrons. The van der Waals surface area contributed by atoms with Crippen molar-refractivity contribution >= 4 is 11.8 Å². The number of cyclic esters (lactones) is 1. The zero-order valence-electron chi connectivity index (χ0n) is 16.7. The molecule has 3 fully saturated rings. The van der Waals surface area contributed by atoms with E-state index in [4.69, 9.17) is 9.47 Å². The molecule has 2 heterocycles. The van der Waals surface area contributed by atoms with Gasteiger partial charge < -0.3 is 19.7 Å². The molecule has 2 saturated heterocycles. The minimum absolute atomic E-state index is 0.116. The first-order chi connectivity index (χ1) is 12.5. The van der Waals surface area contributed by atoms with Crippen LogP contribution in [0.5, 0.6) is 0 Å². The highest BCUT2D eigenvalue weighted by atomic mass is 16.6. The average molecular weight is 380 g/mol. The van der Waals surface area contributed by atoms with E-state index in [1.807, 2.05) is 0 Å². The predicted octanol–water partition coefficient (Wildman–Crippen LogP) is 2.16. The molecular formula is C21H32O6. The minimum atomic E-state index is -1.18. The van der Waals surface area contributed by atoms with Gasteiger partial charge in [-0.15, -0.1) is 0 Å². The Balaban J connectivity index is 1.94. The summed E-state index contributed by atoms with van der Waals surface area (Å²) >= 11 is 0. The van der Waals surface area contributed by atoms with Gasteiger partial charge in [0.15, 0.2) is 0 Å². The molecule has 0 aromatic carbocycles. The molecule has 6 heteroatoms. The van der Waals surface area contributed by atoms with Gasteiger partial charge in [0.05, 0.1) is 30.1 Å². The van der Waals surface area contributed by atoms with Crippen LogP contribution in [0.4, 0.5) is 0 Å². The first kappa shape index (κ1) is 20.5. The molecule has 2 aliphatic heterocycles. The van der Waals surface area contributed by atoms with Gasteiger partial charge >= 0.3 is 5.97 Å². The van der Waals surface area contributed by atoms with Gasteiger partial charge in [0, 0.05) is 18.3 Å². The number of aliphatic hydroxyl groups is 2. The predicted molar refractivity (Wildman–Crippen MR) is 98.8 cm³/mol. The van der Waals surface area contributed by atoms with E-state index >= 15 is 0 Å². The van der Waals surface area contributed by atoms with Crippen LogP contribution in [-0.2, 0) is 19.1 Å². The second kappa shape index (κ2) is 6.98. The third-order valence-electron chi connectivity index (χ3n) is 6.98. The molecule has 0 aromatic heterocycles. The summed E-state index contributed by atoms with van der Waals surface area (Å²) in [5, 5.41) is 21.6. The Morgan fingerprint density at radius 1 is 1.26 bits per heavy atom. The van der Waals surface area contributed by atoms with Crippen LogP contribution in [0.3, 0.4) is 0 Å². The van der Waals surface area contributed by atoms with Gasteiger partial charge in [-0.05, 0) is 31.8 Å². The molecule has 7 atom stereocenters. The molecule has 1 saturated carbocycles. The Kier molecular flexibility index (Phi) is 5.30. The molecule has 2 unspecified atom stereocenters. The van der Waals surface area contributed by atoms with E-state index in [0.717, 1.165) is 24.8 Å². The van der Waals surface area contributed by atoms with Gasteiger partial charge in [-0.1, -0.05) is 27.4 Å². The van der Waals surface area contributed by atoms with Crippen LogP contribution >= 0.6 is 0 Å². The second-order valence-electron chi connectivity index (χ2n) is 9.21. The first-order valence-corrected chi connectivity index (χ1v) is 9.94. The van der Waals surface area contributed by atoms with Gasteiger partial charge in [-0.2, -0.15) is 0 Å². The monoisotopic (exact) mass is 380 g/mol. The van der Waals surface area contributed by atoms with Crippen molar-refractivity contribution in [2.45, 2.75) is 89.8 Å². The van der Waals surface area contributed by atoms with Crippen molar-refractivity contribution in [1.82, 2.24) is 0 Å². The van der Waals surface area contributed by atoms with E-state index in [2.05, 4.69) is 6.58 Å². The summed E-state index contributed by atoms with van der Waals surface area (Å²) in [6, 6.07) is 0. The van der Waals surface area contributed by atoms with Gasteiger partial charge in [0.2, 0.25) is 0 Å². The molecule has 0 amide bonds. The lowest BCUT2D eigenvalue weighted by Gasteiger charge is -2.35. The number of aliphatic hydroxyl groups excluding tert-OH is 2. The van der Waals surface area contributed by atoms with E-state index < -0.39 is 41.2 Å². The number of rotatable bonds is 1. The van der Waals surface area contributed by atoms with Crippen LogP contribution in [0.15, 0.2) is 12.2 Å². The summed E-state index contributed by atoms with van der Waals surface area (Å²) < 4.78 is 11.6. The molecule has 3 rings (SSSR count). The molecular weight excluding hydrogens is 348 g/mol. The van der Waals surface area contributed by atoms with E-state index in [0.29, 0.717) is 6.42 Å². The lowest BCUT2D eigenvalue weighted by Crippen LogP contribution is -2.47. The number of Topliss-reactive ketones (excluding diaryl/α,β-unsaturated/α-hetero) is 1. The normalized spacial score (nSPS) is 44.8. The van der Waals surface area contributed by atoms with Crippen molar-refractivity contribution in [3.63, 3.8) is 0 Å². The summed E-state index contributed by atoms with van der Waals surface area (Å²) in [6.45, 7) is 10.7. The number of hydrogen-bond donors (Lipinski definition) is 2. The maximum atomic E-state index is 13.0. The zero-order valence-corrected chi connectivity index (χ0v) is 16.7. The Labute approximate surface area is 160 Å². The number of hydrogen-bond acceptors (Lipinski definition) is 6. The maximum absolute atomic E-state index is 13.0. The summed E-state index contributed by atoms with van der Waals surface area (Å²) in [4.78, 5) is 25.4. The largest absolute Gasteiger partial charge is 0.458 e. The smallest absolute Gasteiger partial charge is 0.309 e. The molecule has 6 nitrogen and oxygen atoms in total. The molecule has 27 heavy (non-hydrogen) atoms. The van der Waals surface area contributed by atoms with Crippen LogP contribution in [0.25, 0.3) is 0 Å². The Bertz CT molecular complexity index is 641. The quantitative estimate of drug-likeness (QED) is 0.411. The van der Waals surface area contributed by atoms with E-state index in [9.17, 15) is 19.8 Å². The fourth-order valence-electron chi connectivity index (χ4n) is 4.93.